The molecule has 0 saturated heterocycles. The van der Waals surface area contributed by atoms with E-state index in [0.29, 0.717) is 29.9 Å². The second kappa shape index (κ2) is 7.66. The van der Waals surface area contributed by atoms with E-state index in [4.69, 9.17) is 16.3 Å². The molecule has 4 nitrogen and oxygen atoms in total. The van der Waals surface area contributed by atoms with Crippen molar-refractivity contribution in [1.29, 1.82) is 0 Å². The van der Waals surface area contributed by atoms with Gasteiger partial charge in [0.25, 0.3) is 5.91 Å². The molecule has 1 N–H and O–H groups in total. The molecule has 0 bridgehead atoms. The van der Waals surface area contributed by atoms with Gasteiger partial charge < -0.3 is 15.0 Å². The fraction of sp³-hybridized carbons (Fsp3) is 0.562. The van der Waals surface area contributed by atoms with Gasteiger partial charge >= 0.3 is 0 Å². The number of amides is 1. The third-order valence-corrected chi connectivity index (χ3v) is 3.96. The Morgan fingerprint density at radius 1 is 1.38 bits per heavy atom. The molecule has 0 aliphatic heterocycles. The predicted octanol–water partition coefficient (Wildman–Crippen LogP) is 2.84. The molecular formula is C16H23ClN2O2. The summed E-state index contributed by atoms with van der Waals surface area (Å²) in [4.78, 5) is 13.8. The Bertz CT molecular complexity index is 485. The highest BCUT2D eigenvalue weighted by Gasteiger charge is 2.21. The van der Waals surface area contributed by atoms with E-state index in [1.807, 2.05) is 26.0 Å². The largest absolute Gasteiger partial charge is 0.482 e. The van der Waals surface area contributed by atoms with Crippen molar-refractivity contribution < 1.29 is 9.53 Å². The Morgan fingerprint density at radius 3 is 2.71 bits per heavy atom. The Kier molecular flexibility index (Phi) is 5.88. The third kappa shape index (κ3) is 4.61. The number of para-hydroxylation sites is 1. The van der Waals surface area contributed by atoms with Crippen LogP contribution in [-0.4, -0.2) is 36.5 Å². The van der Waals surface area contributed by atoms with Crippen LogP contribution < -0.4 is 10.1 Å². The lowest BCUT2D eigenvalue weighted by molar-refractivity contribution is -0.132. The van der Waals surface area contributed by atoms with Crippen LogP contribution in [0.3, 0.4) is 0 Å². The molecule has 1 aliphatic carbocycles. The maximum atomic E-state index is 12.0. The number of carbonyl (C=O) groups is 1. The van der Waals surface area contributed by atoms with E-state index >= 15 is 0 Å². The van der Waals surface area contributed by atoms with E-state index in [1.54, 1.807) is 11.0 Å². The number of carbonyl (C=O) groups excluding carboxylic acids is 1. The number of nitrogens with zero attached hydrogens (tertiary/aromatic N) is 1. The van der Waals surface area contributed by atoms with Crippen molar-refractivity contribution in [3.05, 3.63) is 28.8 Å². The Balaban J connectivity index is 1.98. The Hall–Kier alpha value is -1.26. The van der Waals surface area contributed by atoms with Gasteiger partial charge in [0.15, 0.2) is 6.61 Å². The van der Waals surface area contributed by atoms with Gasteiger partial charge in [0.05, 0.1) is 5.02 Å². The quantitative estimate of drug-likeness (QED) is 0.803. The van der Waals surface area contributed by atoms with E-state index in [1.165, 1.54) is 12.8 Å². The second-order valence-corrected chi connectivity index (χ2v) is 5.65. The van der Waals surface area contributed by atoms with Crippen LogP contribution in [-0.2, 0) is 11.3 Å². The smallest absolute Gasteiger partial charge is 0.260 e. The van der Waals surface area contributed by atoms with Crippen molar-refractivity contribution in [2.24, 2.45) is 0 Å². The van der Waals surface area contributed by atoms with Gasteiger partial charge in [-0.3, -0.25) is 4.79 Å². The van der Waals surface area contributed by atoms with Gasteiger partial charge in [-0.25, -0.2) is 0 Å². The van der Waals surface area contributed by atoms with Crippen LogP contribution in [0, 0.1) is 0 Å². The molecule has 0 atom stereocenters. The number of likely N-dealkylation sites (N-methyl/N-ethyl adjacent to an activating group) is 1. The zero-order valence-corrected chi connectivity index (χ0v) is 13.4. The minimum atomic E-state index is -0.0129. The minimum Gasteiger partial charge on any atom is -0.482 e. The van der Waals surface area contributed by atoms with E-state index in [2.05, 4.69) is 5.32 Å². The van der Waals surface area contributed by atoms with Crippen molar-refractivity contribution in [1.82, 2.24) is 10.2 Å². The molecule has 0 radical (unpaired) electrons. The van der Waals surface area contributed by atoms with Crippen LogP contribution in [0.4, 0.5) is 0 Å². The lowest BCUT2D eigenvalue weighted by atomic mass is 10.2. The molecule has 116 valence electrons. The van der Waals surface area contributed by atoms with Gasteiger partial charge in [0, 0.05) is 31.2 Å². The van der Waals surface area contributed by atoms with Crippen LogP contribution in [0.1, 0.15) is 32.3 Å². The molecule has 1 fully saturated rings. The van der Waals surface area contributed by atoms with Crippen LogP contribution in [0.2, 0.25) is 5.02 Å². The highest BCUT2D eigenvalue weighted by molar-refractivity contribution is 6.32. The first-order valence-corrected chi connectivity index (χ1v) is 7.94. The average molecular weight is 311 g/mol. The molecule has 1 aromatic carbocycles. The highest BCUT2D eigenvalue weighted by Crippen LogP contribution is 2.29. The van der Waals surface area contributed by atoms with E-state index in [9.17, 15) is 4.79 Å². The van der Waals surface area contributed by atoms with Crippen molar-refractivity contribution in [3.8, 4) is 5.75 Å². The Labute approximate surface area is 131 Å². The number of ether oxygens (including phenoxy) is 1. The standard InChI is InChI=1S/C16H23ClN2O2/c1-3-19(4-2)15(20)11-21-16-12(6-5-7-14(16)17)10-18-13-8-9-13/h5-7,13,18H,3-4,8-11H2,1-2H3. The summed E-state index contributed by atoms with van der Waals surface area (Å²) >= 11 is 6.21. The molecule has 0 spiro atoms. The molecule has 0 aromatic heterocycles. The number of hydrogen-bond acceptors (Lipinski definition) is 3. The van der Waals surface area contributed by atoms with Crippen LogP contribution >= 0.6 is 11.6 Å². The fourth-order valence-electron chi connectivity index (χ4n) is 2.20. The first kappa shape index (κ1) is 16.1. The maximum absolute atomic E-state index is 12.0. The third-order valence-electron chi connectivity index (χ3n) is 3.66. The average Bonchev–Trinajstić information content (AvgIpc) is 3.29. The summed E-state index contributed by atoms with van der Waals surface area (Å²) in [6.07, 6.45) is 2.47. The number of halogens is 1. The first-order chi connectivity index (χ1) is 10.2. The van der Waals surface area contributed by atoms with Gasteiger partial charge in [0.1, 0.15) is 5.75 Å². The highest BCUT2D eigenvalue weighted by atomic mass is 35.5. The summed E-state index contributed by atoms with van der Waals surface area (Å²) in [7, 11) is 0. The van der Waals surface area contributed by atoms with Crippen molar-refractivity contribution in [3.63, 3.8) is 0 Å². The number of benzene rings is 1. The molecule has 1 aliphatic rings. The Morgan fingerprint density at radius 2 is 2.10 bits per heavy atom. The van der Waals surface area contributed by atoms with Crippen molar-refractivity contribution >= 4 is 17.5 Å². The molecular weight excluding hydrogens is 288 g/mol. The van der Waals surface area contributed by atoms with Gasteiger partial charge in [-0.1, -0.05) is 23.7 Å². The zero-order chi connectivity index (χ0) is 15.2. The molecule has 0 unspecified atom stereocenters. The van der Waals surface area contributed by atoms with Gasteiger partial charge in [-0.2, -0.15) is 0 Å². The summed E-state index contributed by atoms with van der Waals surface area (Å²) in [5, 5.41) is 3.99. The molecule has 21 heavy (non-hydrogen) atoms. The first-order valence-electron chi connectivity index (χ1n) is 7.57. The fourth-order valence-corrected chi connectivity index (χ4v) is 2.45. The zero-order valence-electron chi connectivity index (χ0n) is 12.7. The molecule has 1 amide bonds. The van der Waals surface area contributed by atoms with Crippen LogP contribution in [0.15, 0.2) is 18.2 Å². The number of nitrogens with one attached hydrogen (secondary N) is 1. The van der Waals surface area contributed by atoms with E-state index in [-0.39, 0.29) is 12.5 Å². The molecule has 5 heteroatoms. The molecule has 0 heterocycles. The maximum Gasteiger partial charge on any atom is 0.260 e. The van der Waals surface area contributed by atoms with Gasteiger partial charge in [-0.15, -0.1) is 0 Å². The SMILES string of the molecule is CCN(CC)C(=O)COc1c(Cl)cccc1CNC1CC1. The van der Waals surface area contributed by atoms with Gasteiger partial charge in [-0.05, 0) is 32.8 Å². The van der Waals surface area contributed by atoms with Gasteiger partial charge in [0.2, 0.25) is 0 Å². The molecule has 1 saturated carbocycles. The molecule has 1 aromatic rings. The lowest BCUT2D eigenvalue weighted by Crippen LogP contribution is -2.34. The van der Waals surface area contributed by atoms with Crippen molar-refractivity contribution in [2.45, 2.75) is 39.3 Å². The monoisotopic (exact) mass is 310 g/mol. The summed E-state index contributed by atoms with van der Waals surface area (Å²) < 4.78 is 5.70. The van der Waals surface area contributed by atoms with Crippen molar-refractivity contribution in [2.75, 3.05) is 19.7 Å². The predicted molar refractivity (Wildman–Crippen MR) is 84.7 cm³/mol. The van der Waals surface area contributed by atoms with Crippen LogP contribution in [0.5, 0.6) is 5.75 Å². The normalized spacial score (nSPS) is 14.0. The summed E-state index contributed by atoms with van der Waals surface area (Å²) in [5.41, 5.74) is 1.00. The summed E-state index contributed by atoms with van der Waals surface area (Å²) in [6, 6.07) is 6.30. The van der Waals surface area contributed by atoms with Crippen LogP contribution in [0.25, 0.3) is 0 Å². The molecule has 2 rings (SSSR count). The summed E-state index contributed by atoms with van der Waals surface area (Å²) in [5.74, 6) is 0.605. The second-order valence-electron chi connectivity index (χ2n) is 5.24. The minimum absolute atomic E-state index is 0.0129. The summed E-state index contributed by atoms with van der Waals surface area (Å²) in [6.45, 7) is 6.06. The van der Waals surface area contributed by atoms with E-state index < -0.39 is 0 Å². The number of rotatable bonds is 8. The topological polar surface area (TPSA) is 41.6 Å². The number of hydrogen-bond donors (Lipinski definition) is 1. The van der Waals surface area contributed by atoms with E-state index in [0.717, 1.165) is 12.1 Å². The lowest BCUT2D eigenvalue weighted by Gasteiger charge is -2.20.